The number of hydrogen-bond acceptors (Lipinski definition) is 3. The molecule has 0 saturated carbocycles. The highest BCUT2D eigenvalue weighted by Gasteiger charge is 2.45. The Kier molecular flexibility index (Phi) is 6.20. The van der Waals surface area contributed by atoms with Crippen molar-refractivity contribution in [2.45, 2.75) is 15.3 Å². The Morgan fingerprint density at radius 2 is 1.25 bits per heavy atom. The van der Waals surface area contributed by atoms with Crippen LogP contribution in [0.4, 0.5) is 0 Å². The summed E-state index contributed by atoms with van der Waals surface area (Å²) >= 11 is 13.0. The summed E-state index contributed by atoms with van der Waals surface area (Å²) in [5.74, 6) is -0.596. The number of rotatable bonds is 7. The van der Waals surface area contributed by atoms with E-state index in [4.69, 9.17) is 23.2 Å². The number of halogens is 2. The van der Waals surface area contributed by atoms with E-state index < -0.39 is 26.2 Å². The molecule has 0 fully saturated rings. The van der Waals surface area contributed by atoms with Crippen molar-refractivity contribution in [1.29, 1.82) is 0 Å². The highest BCUT2D eigenvalue weighted by atomic mass is 35.5. The Hall–Kier alpha value is -2.18. The van der Waals surface area contributed by atoms with Crippen molar-refractivity contribution < 1.29 is 13.2 Å². The molecule has 3 aromatic rings. The fourth-order valence-electron chi connectivity index (χ4n) is 2.73. The van der Waals surface area contributed by atoms with Crippen molar-refractivity contribution in [2.75, 3.05) is 0 Å². The summed E-state index contributed by atoms with van der Waals surface area (Å²) in [6.45, 7) is 0. The summed E-state index contributed by atoms with van der Waals surface area (Å²) in [7, 11) is -3.98. The Morgan fingerprint density at radius 3 is 1.79 bits per heavy atom. The highest BCUT2D eigenvalue weighted by molar-refractivity contribution is 7.89. The second kappa shape index (κ2) is 8.45. The molecule has 0 aliphatic rings. The molecule has 1 N–H and O–H groups in total. The summed E-state index contributed by atoms with van der Waals surface area (Å²) in [4.78, 5) is 13.1. The van der Waals surface area contributed by atoms with Crippen molar-refractivity contribution in [3.63, 3.8) is 0 Å². The lowest BCUT2D eigenvalue weighted by molar-refractivity contribution is 0.0960. The van der Waals surface area contributed by atoms with Crippen LogP contribution >= 0.6 is 23.2 Å². The first-order valence-corrected chi connectivity index (χ1v) is 10.7. The van der Waals surface area contributed by atoms with Gasteiger partial charge in [0.25, 0.3) is 0 Å². The van der Waals surface area contributed by atoms with Crippen molar-refractivity contribution in [3.05, 3.63) is 102 Å². The van der Waals surface area contributed by atoms with Crippen LogP contribution in [0.2, 0.25) is 0 Å². The van der Waals surface area contributed by atoms with Gasteiger partial charge < -0.3 is 0 Å². The van der Waals surface area contributed by atoms with Crippen LogP contribution in [0, 0.1) is 0 Å². The van der Waals surface area contributed by atoms with E-state index in [-0.39, 0.29) is 10.5 Å². The van der Waals surface area contributed by atoms with E-state index in [0.717, 1.165) is 0 Å². The zero-order valence-electron chi connectivity index (χ0n) is 14.6. The van der Waals surface area contributed by atoms with Gasteiger partial charge in [0, 0.05) is 5.56 Å². The van der Waals surface area contributed by atoms with Crippen LogP contribution < -0.4 is 4.72 Å². The molecule has 28 heavy (non-hydrogen) atoms. The standard InChI is InChI=1S/C21H17Cl2NO3S/c22-21(23,20(25)17-12-6-2-7-13-17)19(16-10-4-1-5-11-16)24-28(26,27)18-14-8-3-9-15-18/h1-15,19,24H. The smallest absolute Gasteiger partial charge is 0.241 e. The summed E-state index contributed by atoms with van der Waals surface area (Å²) in [6, 6.07) is 23.4. The molecular formula is C21H17Cl2NO3S. The Labute approximate surface area is 174 Å². The number of nitrogens with one attached hydrogen (secondary N) is 1. The lowest BCUT2D eigenvalue weighted by Crippen LogP contribution is -2.44. The molecule has 7 heteroatoms. The van der Waals surface area contributed by atoms with Crippen LogP contribution in [0.3, 0.4) is 0 Å². The van der Waals surface area contributed by atoms with Gasteiger partial charge in [0.05, 0.1) is 10.9 Å². The molecule has 0 radical (unpaired) electrons. The lowest BCUT2D eigenvalue weighted by atomic mass is 9.97. The van der Waals surface area contributed by atoms with E-state index in [1.165, 1.54) is 12.1 Å². The summed E-state index contributed by atoms with van der Waals surface area (Å²) < 4.78 is 26.2. The molecule has 3 aromatic carbocycles. The zero-order valence-corrected chi connectivity index (χ0v) is 17.0. The average molecular weight is 434 g/mol. The minimum atomic E-state index is -3.98. The highest BCUT2D eigenvalue weighted by Crippen LogP contribution is 2.40. The monoisotopic (exact) mass is 433 g/mol. The summed E-state index contributed by atoms with van der Waals surface area (Å²) in [6.07, 6.45) is 0. The molecule has 0 aliphatic carbocycles. The van der Waals surface area contributed by atoms with Gasteiger partial charge in [-0.1, -0.05) is 102 Å². The van der Waals surface area contributed by atoms with Crippen LogP contribution in [0.15, 0.2) is 95.9 Å². The Balaban J connectivity index is 2.04. The third-order valence-electron chi connectivity index (χ3n) is 4.16. The summed E-state index contributed by atoms with van der Waals surface area (Å²) in [5, 5.41) is 0. The van der Waals surface area contributed by atoms with Crippen molar-refractivity contribution >= 4 is 39.0 Å². The molecule has 0 aliphatic heterocycles. The van der Waals surface area contributed by atoms with E-state index in [1.54, 1.807) is 78.9 Å². The first-order valence-electron chi connectivity index (χ1n) is 8.42. The molecule has 0 saturated heterocycles. The van der Waals surface area contributed by atoms with E-state index in [0.29, 0.717) is 5.56 Å². The fraction of sp³-hybridized carbons (Fsp3) is 0.0952. The van der Waals surface area contributed by atoms with Crippen LogP contribution in [0.5, 0.6) is 0 Å². The number of carbonyl (C=O) groups excluding carboxylic acids is 1. The Morgan fingerprint density at radius 1 is 0.786 bits per heavy atom. The molecule has 144 valence electrons. The number of Topliss-reactive ketones (excluding diaryl/α,β-unsaturated/α-hetero) is 1. The molecule has 0 aromatic heterocycles. The van der Waals surface area contributed by atoms with E-state index in [1.807, 2.05) is 0 Å². The number of ketones is 1. The second-order valence-corrected chi connectivity index (χ2v) is 9.20. The van der Waals surface area contributed by atoms with Gasteiger partial charge in [-0.05, 0) is 17.7 Å². The minimum Gasteiger partial charge on any atom is -0.291 e. The van der Waals surface area contributed by atoms with Gasteiger partial charge in [-0.3, -0.25) is 4.79 Å². The number of benzene rings is 3. The predicted molar refractivity (Wildman–Crippen MR) is 111 cm³/mol. The third kappa shape index (κ3) is 4.45. The van der Waals surface area contributed by atoms with Gasteiger partial charge in [-0.2, -0.15) is 0 Å². The van der Waals surface area contributed by atoms with Gasteiger partial charge in [-0.15, -0.1) is 0 Å². The number of alkyl halides is 2. The van der Waals surface area contributed by atoms with Crippen molar-refractivity contribution in [2.24, 2.45) is 0 Å². The molecule has 0 heterocycles. The van der Waals surface area contributed by atoms with Crippen LogP contribution in [-0.2, 0) is 10.0 Å². The third-order valence-corrected chi connectivity index (χ3v) is 6.38. The molecule has 1 atom stereocenters. The molecular weight excluding hydrogens is 417 g/mol. The van der Waals surface area contributed by atoms with Gasteiger partial charge in [0.2, 0.25) is 20.1 Å². The molecule has 0 spiro atoms. The van der Waals surface area contributed by atoms with E-state index in [2.05, 4.69) is 4.72 Å². The first kappa shape index (κ1) is 20.6. The SMILES string of the molecule is O=C(c1ccccc1)C(Cl)(Cl)C(NS(=O)(=O)c1ccccc1)c1ccccc1. The maximum Gasteiger partial charge on any atom is 0.241 e. The zero-order chi connectivity index (χ0) is 20.2. The second-order valence-electron chi connectivity index (χ2n) is 6.10. The molecule has 3 rings (SSSR count). The van der Waals surface area contributed by atoms with Crippen LogP contribution in [-0.4, -0.2) is 18.5 Å². The number of carbonyl (C=O) groups is 1. The average Bonchev–Trinajstić information content (AvgIpc) is 2.73. The van der Waals surface area contributed by atoms with Gasteiger partial charge >= 0.3 is 0 Å². The maximum absolute atomic E-state index is 13.0. The van der Waals surface area contributed by atoms with Gasteiger partial charge in [-0.25, -0.2) is 13.1 Å². The normalized spacial score (nSPS) is 13.1. The summed E-state index contributed by atoms with van der Waals surface area (Å²) in [5.41, 5.74) is 0.753. The number of hydrogen-bond donors (Lipinski definition) is 1. The van der Waals surface area contributed by atoms with Gasteiger partial charge in [0.1, 0.15) is 0 Å². The van der Waals surface area contributed by atoms with Gasteiger partial charge in [0.15, 0.2) is 0 Å². The topological polar surface area (TPSA) is 63.2 Å². The first-order chi connectivity index (χ1) is 13.3. The van der Waals surface area contributed by atoms with E-state index >= 15 is 0 Å². The molecule has 0 bridgehead atoms. The predicted octanol–water partition coefficient (Wildman–Crippen LogP) is 4.76. The fourth-order valence-corrected chi connectivity index (χ4v) is 4.72. The minimum absolute atomic E-state index is 0.0484. The number of sulfonamides is 1. The molecule has 0 amide bonds. The van der Waals surface area contributed by atoms with Crippen LogP contribution in [0.1, 0.15) is 22.0 Å². The lowest BCUT2D eigenvalue weighted by Gasteiger charge is -2.30. The molecule has 4 nitrogen and oxygen atoms in total. The molecule has 1 unspecified atom stereocenters. The Bertz CT molecular complexity index is 1040. The van der Waals surface area contributed by atoms with Crippen molar-refractivity contribution in [1.82, 2.24) is 4.72 Å². The van der Waals surface area contributed by atoms with E-state index in [9.17, 15) is 13.2 Å². The van der Waals surface area contributed by atoms with Crippen molar-refractivity contribution in [3.8, 4) is 0 Å². The van der Waals surface area contributed by atoms with Crippen LogP contribution in [0.25, 0.3) is 0 Å². The quantitative estimate of drug-likeness (QED) is 0.431. The largest absolute Gasteiger partial charge is 0.291 e. The maximum atomic E-state index is 13.0.